The van der Waals surface area contributed by atoms with E-state index in [0.29, 0.717) is 22.8 Å². The number of ether oxygens (including phenoxy) is 2. The van der Waals surface area contributed by atoms with Crippen LogP contribution in [0.2, 0.25) is 0 Å². The topological polar surface area (TPSA) is 69.2 Å². The van der Waals surface area contributed by atoms with Crippen LogP contribution in [0.4, 0.5) is 0 Å². The molecule has 6 nitrogen and oxygen atoms in total. The maximum absolute atomic E-state index is 12.0. The lowest BCUT2D eigenvalue weighted by molar-refractivity contribution is -0.114. The van der Waals surface area contributed by atoms with Gasteiger partial charge in [-0.25, -0.2) is 0 Å². The molecule has 0 heterocycles. The number of likely N-dealkylation sites (N-methyl/N-ethyl adjacent to an activating group) is 1. The van der Waals surface area contributed by atoms with E-state index in [0.717, 1.165) is 0 Å². The van der Waals surface area contributed by atoms with Gasteiger partial charge in [-0.1, -0.05) is 23.4 Å². The van der Waals surface area contributed by atoms with Gasteiger partial charge in [0.15, 0.2) is 5.71 Å². The first-order valence-electron chi connectivity index (χ1n) is 6.94. The molecule has 120 valence electrons. The molecule has 0 saturated heterocycles. The summed E-state index contributed by atoms with van der Waals surface area (Å²) in [5.41, 5.74) is 0.657. The van der Waals surface area contributed by atoms with Crippen molar-refractivity contribution in [1.29, 1.82) is 0 Å². The summed E-state index contributed by atoms with van der Waals surface area (Å²) >= 11 is 0. The summed E-state index contributed by atoms with van der Waals surface area (Å²) in [5, 5.41) is 6.33. The minimum absolute atomic E-state index is 0.133. The molecule has 0 bridgehead atoms. The highest BCUT2D eigenvalue weighted by Gasteiger charge is 2.18. The van der Waals surface area contributed by atoms with Crippen molar-refractivity contribution >= 4 is 11.6 Å². The first-order chi connectivity index (χ1) is 11.2. The number of oxime groups is 1. The molecule has 0 spiro atoms. The standard InChI is InChI=1S/C17H18N2O4/c1-18-17(20)16(19-22-3)14-9-4-5-10-15(14)23-13-8-6-7-12(11-13)21-2/h4-11H,1-3H3,(H,18,20)/b19-16-. The minimum Gasteiger partial charge on any atom is -0.497 e. The highest BCUT2D eigenvalue weighted by Crippen LogP contribution is 2.28. The SMILES string of the molecule is CNC(=O)/C(=N\OC)c1ccccc1Oc1cccc(OC)c1. The lowest BCUT2D eigenvalue weighted by Gasteiger charge is -2.12. The molecule has 2 aromatic rings. The summed E-state index contributed by atoms with van der Waals surface area (Å²) in [6.45, 7) is 0. The Kier molecular flexibility index (Phi) is 5.57. The molecule has 0 fully saturated rings. The van der Waals surface area contributed by atoms with Crippen molar-refractivity contribution in [1.82, 2.24) is 5.32 Å². The number of carbonyl (C=O) groups excluding carboxylic acids is 1. The summed E-state index contributed by atoms with van der Waals surface area (Å²) in [5.74, 6) is 1.39. The molecule has 0 aliphatic rings. The van der Waals surface area contributed by atoms with E-state index >= 15 is 0 Å². The van der Waals surface area contributed by atoms with E-state index in [1.807, 2.05) is 18.2 Å². The number of rotatable bonds is 6. The van der Waals surface area contributed by atoms with Gasteiger partial charge in [0.25, 0.3) is 5.91 Å². The van der Waals surface area contributed by atoms with E-state index in [2.05, 4.69) is 10.5 Å². The Balaban J connectivity index is 2.40. The van der Waals surface area contributed by atoms with Gasteiger partial charge in [0.1, 0.15) is 24.4 Å². The third-order valence-corrected chi connectivity index (χ3v) is 3.04. The molecule has 1 N–H and O–H groups in total. The smallest absolute Gasteiger partial charge is 0.273 e. The third-order valence-electron chi connectivity index (χ3n) is 3.04. The zero-order valence-corrected chi connectivity index (χ0v) is 13.2. The molecular weight excluding hydrogens is 296 g/mol. The van der Waals surface area contributed by atoms with E-state index in [-0.39, 0.29) is 11.6 Å². The van der Waals surface area contributed by atoms with Crippen LogP contribution in [0.5, 0.6) is 17.2 Å². The molecular formula is C17H18N2O4. The summed E-state index contributed by atoms with van der Waals surface area (Å²) < 4.78 is 11.1. The number of amides is 1. The maximum Gasteiger partial charge on any atom is 0.273 e. The van der Waals surface area contributed by atoms with Crippen molar-refractivity contribution in [3.63, 3.8) is 0 Å². The quantitative estimate of drug-likeness (QED) is 0.657. The fourth-order valence-electron chi connectivity index (χ4n) is 1.97. The highest BCUT2D eigenvalue weighted by atomic mass is 16.6. The van der Waals surface area contributed by atoms with Crippen molar-refractivity contribution < 1.29 is 19.1 Å². The van der Waals surface area contributed by atoms with Gasteiger partial charge in [0.2, 0.25) is 0 Å². The Bertz CT molecular complexity index is 713. The Labute approximate surface area is 134 Å². The van der Waals surface area contributed by atoms with Gasteiger partial charge < -0.3 is 19.6 Å². The van der Waals surface area contributed by atoms with E-state index < -0.39 is 0 Å². The van der Waals surface area contributed by atoms with Crippen LogP contribution in [-0.4, -0.2) is 32.9 Å². The highest BCUT2D eigenvalue weighted by molar-refractivity contribution is 6.45. The van der Waals surface area contributed by atoms with E-state index in [9.17, 15) is 4.79 Å². The van der Waals surface area contributed by atoms with Crippen molar-refractivity contribution in [2.24, 2.45) is 5.16 Å². The van der Waals surface area contributed by atoms with Crippen molar-refractivity contribution in [3.05, 3.63) is 54.1 Å². The fourth-order valence-corrected chi connectivity index (χ4v) is 1.97. The molecule has 23 heavy (non-hydrogen) atoms. The molecule has 0 unspecified atom stereocenters. The summed E-state index contributed by atoms with van der Waals surface area (Å²) in [7, 11) is 4.50. The van der Waals surface area contributed by atoms with Crippen LogP contribution in [-0.2, 0) is 9.63 Å². The largest absolute Gasteiger partial charge is 0.497 e. The molecule has 0 aromatic heterocycles. The molecule has 0 radical (unpaired) electrons. The van der Waals surface area contributed by atoms with Gasteiger partial charge in [-0.15, -0.1) is 0 Å². The number of nitrogens with zero attached hydrogens (tertiary/aromatic N) is 1. The average molecular weight is 314 g/mol. The molecule has 1 amide bonds. The summed E-state index contributed by atoms with van der Waals surface area (Å²) in [6, 6.07) is 14.3. The molecule has 6 heteroatoms. The van der Waals surface area contributed by atoms with Gasteiger partial charge in [0.05, 0.1) is 12.7 Å². The number of para-hydroxylation sites is 1. The van der Waals surface area contributed by atoms with Crippen LogP contribution < -0.4 is 14.8 Å². The van der Waals surface area contributed by atoms with Gasteiger partial charge >= 0.3 is 0 Å². The average Bonchev–Trinajstić information content (AvgIpc) is 2.60. The molecule has 0 aliphatic carbocycles. The molecule has 0 saturated carbocycles. The Morgan fingerprint density at radius 2 is 1.78 bits per heavy atom. The molecule has 2 rings (SSSR count). The van der Waals surface area contributed by atoms with E-state index in [4.69, 9.17) is 14.3 Å². The third kappa shape index (κ3) is 4.00. The zero-order valence-electron chi connectivity index (χ0n) is 13.2. The van der Waals surface area contributed by atoms with Crippen molar-refractivity contribution in [2.45, 2.75) is 0 Å². The minimum atomic E-state index is -0.367. The molecule has 0 atom stereocenters. The summed E-state index contributed by atoms with van der Waals surface area (Å²) in [6.07, 6.45) is 0. The number of hydrogen-bond acceptors (Lipinski definition) is 5. The maximum atomic E-state index is 12.0. The van der Waals surface area contributed by atoms with E-state index in [1.165, 1.54) is 14.2 Å². The Morgan fingerprint density at radius 3 is 2.48 bits per heavy atom. The van der Waals surface area contributed by atoms with Crippen LogP contribution in [0.3, 0.4) is 0 Å². The zero-order chi connectivity index (χ0) is 16.7. The lowest BCUT2D eigenvalue weighted by Crippen LogP contribution is -2.28. The lowest BCUT2D eigenvalue weighted by atomic mass is 10.1. The first kappa shape index (κ1) is 16.4. The monoisotopic (exact) mass is 314 g/mol. The van der Waals surface area contributed by atoms with Gasteiger partial charge in [-0.3, -0.25) is 4.79 Å². The molecule has 2 aromatic carbocycles. The Morgan fingerprint density at radius 1 is 1.04 bits per heavy atom. The Hall–Kier alpha value is -3.02. The van der Waals surface area contributed by atoms with Crippen molar-refractivity contribution in [2.75, 3.05) is 21.3 Å². The predicted octanol–water partition coefficient (Wildman–Crippen LogP) is 2.58. The number of nitrogens with one attached hydrogen (secondary N) is 1. The number of carbonyl (C=O) groups is 1. The van der Waals surface area contributed by atoms with Crippen LogP contribution in [0.15, 0.2) is 53.7 Å². The number of methoxy groups -OCH3 is 1. The molecule has 0 aliphatic heterocycles. The first-order valence-corrected chi connectivity index (χ1v) is 6.94. The van der Waals surface area contributed by atoms with Crippen molar-refractivity contribution in [3.8, 4) is 17.2 Å². The normalized spacial score (nSPS) is 10.8. The second-order valence-electron chi connectivity index (χ2n) is 4.48. The van der Waals surface area contributed by atoms with E-state index in [1.54, 1.807) is 37.4 Å². The van der Waals surface area contributed by atoms with Crippen LogP contribution in [0, 0.1) is 0 Å². The number of hydrogen-bond donors (Lipinski definition) is 1. The van der Waals surface area contributed by atoms with Gasteiger partial charge in [0, 0.05) is 13.1 Å². The van der Waals surface area contributed by atoms with Crippen LogP contribution >= 0.6 is 0 Å². The van der Waals surface area contributed by atoms with Gasteiger partial charge in [-0.2, -0.15) is 0 Å². The predicted molar refractivity (Wildman–Crippen MR) is 87.1 cm³/mol. The second kappa shape index (κ2) is 7.84. The van der Waals surface area contributed by atoms with Crippen LogP contribution in [0.1, 0.15) is 5.56 Å². The second-order valence-corrected chi connectivity index (χ2v) is 4.48. The van der Waals surface area contributed by atoms with Crippen LogP contribution in [0.25, 0.3) is 0 Å². The number of benzene rings is 2. The van der Waals surface area contributed by atoms with Gasteiger partial charge in [-0.05, 0) is 24.3 Å². The fraction of sp³-hybridized carbons (Fsp3) is 0.176. The summed E-state index contributed by atoms with van der Waals surface area (Å²) in [4.78, 5) is 16.8.